The number of carbonyl (C=O) groups is 1. The van der Waals surface area contributed by atoms with E-state index in [1.165, 1.54) is 16.2 Å². The van der Waals surface area contributed by atoms with Gasteiger partial charge in [0.1, 0.15) is 6.61 Å². The van der Waals surface area contributed by atoms with Crippen LogP contribution in [0.3, 0.4) is 0 Å². The Morgan fingerprint density at radius 2 is 2.00 bits per heavy atom. The number of aryl methyl sites for hydroxylation is 2. The molecule has 1 atom stereocenters. The SMILES string of the molecule is CC.COCCOc1ncc2c(N3CCNC(C)C3)ccc(C)c2n1.Cc1cn2cc(NC=O)cc(F)c2n1. The molecule has 5 rings (SSSR count). The molecule has 1 fully saturated rings. The number of anilines is 2. The van der Waals surface area contributed by atoms with Crippen LogP contribution in [0.4, 0.5) is 15.8 Å². The summed E-state index contributed by atoms with van der Waals surface area (Å²) in [5.41, 5.74) is 4.68. The van der Waals surface area contributed by atoms with Gasteiger partial charge >= 0.3 is 6.01 Å². The van der Waals surface area contributed by atoms with Gasteiger partial charge in [0.15, 0.2) is 11.5 Å². The van der Waals surface area contributed by atoms with E-state index in [-0.39, 0.29) is 5.65 Å². The smallest absolute Gasteiger partial charge is 0.317 e. The Kier molecular flexibility index (Phi) is 10.9. The van der Waals surface area contributed by atoms with Gasteiger partial charge < -0.3 is 29.4 Å². The molecule has 0 saturated carbocycles. The average molecular weight is 540 g/mol. The molecule has 39 heavy (non-hydrogen) atoms. The molecule has 1 amide bonds. The lowest BCUT2D eigenvalue weighted by molar-refractivity contribution is -0.105. The number of piperazine rings is 1. The number of pyridine rings is 1. The van der Waals surface area contributed by atoms with Gasteiger partial charge in [-0.2, -0.15) is 4.98 Å². The highest BCUT2D eigenvalue weighted by molar-refractivity contribution is 5.93. The van der Waals surface area contributed by atoms with Gasteiger partial charge in [0.2, 0.25) is 6.41 Å². The Bertz CT molecular complexity index is 1380. The Morgan fingerprint density at radius 3 is 2.72 bits per heavy atom. The fraction of sp³-hybridized carbons (Fsp3) is 0.429. The van der Waals surface area contributed by atoms with E-state index in [4.69, 9.17) is 9.47 Å². The Balaban J connectivity index is 0.000000224. The molecule has 0 bridgehead atoms. The summed E-state index contributed by atoms with van der Waals surface area (Å²) >= 11 is 0. The minimum atomic E-state index is -0.454. The number of nitrogens with one attached hydrogen (secondary N) is 2. The first-order valence-electron chi connectivity index (χ1n) is 13.1. The van der Waals surface area contributed by atoms with Crippen molar-refractivity contribution in [1.82, 2.24) is 24.7 Å². The first kappa shape index (κ1) is 29.7. The van der Waals surface area contributed by atoms with Crippen LogP contribution < -0.4 is 20.3 Å². The van der Waals surface area contributed by atoms with Crippen molar-refractivity contribution in [2.75, 3.05) is 50.2 Å². The summed E-state index contributed by atoms with van der Waals surface area (Å²) in [6.45, 7) is 14.0. The molecule has 1 aliphatic heterocycles. The molecule has 1 unspecified atom stereocenters. The summed E-state index contributed by atoms with van der Waals surface area (Å²) in [6.07, 6.45) is 5.67. The van der Waals surface area contributed by atoms with E-state index in [0.29, 0.717) is 37.4 Å². The Hall–Kier alpha value is -3.83. The van der Waals surface area contributed by atoms with Gasteiger partial charge in [-0.15, -0.1) is 0 Å². The Morgan fingerprint density at radius 1 is 1.21 bits per heavy atom. The van der Waals surface area contributed by atoms with E-state index in [9.17, 15) is 9.18 Å². The number of hydrogen-bond acceptors (Lipinski definition) is 8. The second-order valence-corrected chi connectivity index (χ2v) is 8.91. The molecule has 210 valence electrons. The number of halogens is 1. The second-order valence-electron chi connectivity index (χ2n) is 8.91. The number of hydrogen-bond donors (Lipinski definition) is 2. The molecule has 3 aromatic heterocycles. The van der Waals surface area contributed by atoms with Crippen molar-refractivity contribution in [2.24, 2.45) is 0 Å². The molecule has 1 aromatic carbocycles. The molecule has 11 heteroatoms. The highest BCUT2D eigenvalue weighted by Gasteiger charge is 2.19. The summed E-state index contributed by atoms with van der Waals surface area (Å²) in [4.78, 5) is 25.5. The van der Waals surface area contributed by atoms with Crippen LogP contribution in [-0.2, 0) is 9.53 Å². The van der Waals surface area contributed by atoms with E-state index in [1.807, 2.05) is 20.0 Å². The predicted octanol–water partition coefficient (Wildman–Crippen LogP) is 4.14. The van der Waals surface area contributed by atoms with Gasteiger partial charge in [-0.25, -0.2) is 14.4 Å². The van der Waals surface area contributed by atoms with Crippen molar-refractivity contribution in [2.45, 2.75) is 40.7 Å². The molecular weight excluding hydrogens is 501 g/mol. The van der Waals surface area contributed by atoms with Crippen molar-refractivity contribution in [3.05, 3.63) is 53.9 Å². The normalized spacial score (nSPS) is 14.7. The minimum Gasteiger partial charge on any atom is -0.461 e. The second kappa shape index (κ2) is 14.4. The standard InChI is InChI=1S/C17H24N4O2.C9H8FN3O.C2H6/c1-12-4-5-15(21-7-6-18-13(2)11-21)14-10-19-17(20-16(12)14)23-9-8-22-3;1-6-3-13-4-7(11-5-14)2-8(10)9(13)12-6;1-2/h4-5,10,13,18H,6-9,11H2,1-3H3;2-5H,1H3,(H,11,14);1-2H3. The Labute approximate surface area is 228 Å². The average Bonchev–Trinajstić information content (AvgIpc) is 3.32. The fourth-order valence-corrected chi connectivity index (χ4v) is 4.27. The van der Waals surface area contributed by atoms with Gasteiger partial charge in [-0.05, 0) is 32.4 Å². The van der Waals surface area contributed by atoms with Gasteiger partial charge in [-0.3, -0.25) is 4.79 Å². The van der Waals surface area contributed by atoms with E-state index in [0.717, 1.165) is 41.8 Å². The predicted molar refractivity (Wildman–Crippen MR) is 152 cm³/mol. The summed E-state index contributed by atoms with van der Waals surface area (Å²) in [5, 5.41) is 6.94. The monoisotopic (exact) mass is 539 g/mol. The molecule has 4 aromatic rings. The largest absolute Gasteiger partial charge is 0.461 e. The quantitative estimate of drug-likeness (QED) is 0.267. The van der Waals surface area contributed by atoms with Crippen LogP contribution in [-0.4, -0.2) is 71.8 Å². The molecule has 1 saturated heterocycles. The molecule has 1 aliphatic rings. The third-order valence-electron chi connectivity index (χ3n) is 5.99. The van der Waals surface area contributed by atoms with Crippen molar-refractivity contribution in [3.63, 3.8) is 0 Å². The van der Waals surface area contributed by atoms with Gasteiger partial charge in [0.25, 0.3) is 0 Å². The number of imidazole rings is 1. The molecule has 4 heterocycles. The number of carbonyl (C=O) groups excluding carboxylic acids is 1. The highest BCUT2D eigenvalue weighted by Crippen LogP contribution is 2.29. The summed E-state index contributed by atoms with van der Waals surface area (Å²) in [6, 6.07) is 6.41. The lowest BCUT2D eigenvalue weighted by Gasteiger charge is -2.34. The van der Waals surface area contributed by atoms with Crippen LogP contribution in [0.15, 0.2) is 36.8 Å². The fourth-order valence-electron chi connectivity index (χ4n) is 4.27. The zero-order chi connectivity index (χ0) is 28.4. The highest BCUT2D eigenvalue weighted by atomic mass is 19.1. The van der Waals surface area contributed by atoms with Crippen LogP contribution in [0.2, 0.25) is 0 Å². The maximum Gasteiger partial charge on any atom is 0.317 e. The number of amides is 1. The summed E-state index contributed by atoms with van der Waals surface area (Å²) in [7, 11) is 1.65. The molecular formula is C28H38FN7O3. The summed E-state index contributed by atoms with van der Waals surface area (Å²) < 4.78 is 25.4. The first-order valence-corrected chi connectivity index (χ1v) is 13.1. The van der Waals surface area contributed by atoms with Gasteiger partial charge in [0, 0.05) is 68.5 Å². The van der Waals surface area contributed by atoms with Crippen LogP contribution in [0.1, 0.15) is 32.0 Å². The van der Waals surface area contributed by atoms with Crippen molar-refractivity contribution < 1.29 is 18.7 Å². The van der Waals surface area contributed by atoms with Gasteiger partial charge in [0.05, 0.1) is 23.5 Å². The number of rotatable bonds is 7. The molecule has 2 N–H and O–H groups in total. The van der Waals surface area contributed by atoms with Crippen molar-refractivity contribution in [3.8, 4) is 6.01 Å². The first-order chi connectivity index (χ1) is 18.9. The number of benzene rings is 1. The lowest BCUT2D eigenvalue weighted by atomic mass is 10.1. The van der Waals surface area contributed by atoms with Crippen LogP contribution in [0.25, 0.3) is 16.6 Å². The lowest BCUT2D eigenvalue weighted by Crippen LogP contribution is -2.49. The zero-order valence-electron chi connectivity index (χ0n) is 23.5. The van der Waals surface area contributed by atoms with Gasteiger partial charge in [-0.1, -0.05) is 19.9 Å². The molecule has 0 aliphatic carbocycles. The third kappa shape index (κ3) is 7.61. The van der Waals surface area contributed by atoms with E-state index >= 15 is 0 Å². The maximum absolute atomic E-state index is 13.3. The van der Waals surface area contributed by atoms with E-state index in [2.05, 4.69) is 56.5 Å². The molecule has 10 nitrogen and oxygen atoms in total. The maximum atomic E-state index is 13.3. The molecule has 0 radical (unpaired) electrons. The van der Waals surface area contributed by atoms with Crippen molar-refractivity contribution in [1.29, 1.82) is 0 Å². The number of nitrogens with zero attached hydrogens (tertiary/aromatic N) is 5. The van der Waals surface area contributed by atoms with Crippen LogP contribution >= 0.6 is 0 Å². The third-order valence-corrected chi connectivity index (χ3v) is 5.99. The zero-order valence-corrected chi connectivity index (χ0v) is 23.5. The molecule has 0 spiro atoms. The number of aromatic nitrogens is 4. The van der Waals surface area contributed by atoms with E-state index < -0.39 is 5.82 Å². The minimum absolute atomic E-state index is 0.263. The number of ether oxygens (including phenoxy) is 2. The van der Waals surface area contributed by atoms with Crippen molar-refractivity contribution >= 4 is 34.3 Å². The number of fused-ring (bicyclic) bond motifs is 2. The van der Waals surface area contributed by atoms with Crippen LogP contribution in [0.5, 0.6) is 6.01 Å². The van der Waals surface area contributed by atoms with E-state index in [1.54, 1.807) is 26.4 Å². The summed E-state index contributed by atoms with van der Waals surface area (Å²) in [5.74, 6) is -0.454. The number of methoxy groups -OCH3 is 1. The topological polar surface area (TPSA) is 106 Å². The van der Waals surface area contributed by atoms with Crippen LogP contribution in [0, 0.1) is 19.7 Å².